The molecule has 21 heavy (non-hydrogen) atoms. The molecule has 6 heteroatoms. The van der Waals surface area contributed by atoms with E-state index in [0.29, 0.717) is 19.7 Å². The summed E-state index contributed by atoms with van der Waals surface area (Å²) in [5, 5.41) is 5.60. The van der Waals surface area contributed by atoms with E-state index in [2.05, 4.69) is 15.5 Å². The van der Waals surface area contributed by atoms with E-state index in [1.54, 1.807) is 14.2 Å². The van der Waals surface area contributed by atoms with E-state index in [1.807, 2.05) is 38.4 Å². The lowest BCUT2D eigenvalue weighted by molar-refractivity contribution is 0.194. The molecule has 1 aromatic rings. The van der Waals surface area contributed by atoms with E-state index >= 15 is 0 Å². The van der Waals surface area contributed by atoms with Crippen molar-refractivity contribution in [2.75, 3.05) is 48.0 Å². The van der Waals surface area contributed by atoms with Gasteiger partial charge in [0.2, 0.25) is 0 Å². The predicted octanol–water partition coefficient (Wildman–Crippen LogP) is 1.24. The van der Waals surface area contributed by atoms with Crippen molar-refractivity contribution in [3.05, 3.63) is 29.8 Å². The van der Waals surface area contributed by atoms with Crippen LogP contribution in [0.3, 0.4) is 0 Å². The van der Waals surface area contributed by atoms with Crippen molar-refractivity contribution in [3.8, 4) is 5.75 Å². The van der Waals surface area contributed by atoms with Crippen molar-refractivity contribution in [2.45, 2.75) is 6.04 Å². The molecule has 1 rings (SSSR count). The maximum atomic E-state index is 11.7. The number of amides is 2. The molecular formula is C15H25N3O3. The average molecular weight is 295 g/mol. The first kappa shape index (κ1) is 17.3. The topological polar surface area (TPSA) is 62.8 Å². The third-order valence-corrected chi connectivity index (χ3v) is 3.15. The standard InChI is InChI=1S/C15H25N3O3/c1-18(2)14(11-17-15(19)16-8-9-20-3)12-6-5-7-13(10-12)21-4/h5-7,10,14H,8-9,11H2,1-4H3,(H2,16,17,19). The van der Waals surface area contributed by atoms with Crippen LogP contribution in [0.1, 0.15) is 11.6 Å². The first-order chi connectivity index (χ1) is 10.1. The van der Waals surface area contributed by atoms with Gasteiger partial charge in [0.1, 0.15) is 5.75 Å². The summed E-state index contributed by atoms with van der Waals surface area (Å²) in [6, 6.07) is 7.74. The van der Waals surface area contributed by atoms with E-state index in [-0.39, 0.29) is 12.1 Å². The van der Waals surface area contributed by atoms with Crippen molar-refractivity contribution in [1.29, 1.82) is 0 Å². The fourth-order valence-electron chi connectivity index (χ4n) is 1.97. The van der Waals surface area contributed by atoms with Crippen LogP contribution in [0.5, 0.6) is 5.75 Å². The molecule has 0 aliphatic heterocycles. The van der Waals surface area contributed by atoms with Crippen LogP contribution in [-0.2, 0) is 4.74 Å². The highest BCUT2D eigenvalue weighted by Crippen LogP contribution is 2.21. The van der Waals surface area contributed by atoms with E-state index in [4.69, 9.17) is 9.47 Å². The summed E-state index contributed by atoms with van der Waals surface area (Å²) < 4.78 is 10.1. The second kappa shape index (κ2) is 9.20. The third kappa shape index (κ3) is 6.01. The number of likely N-dealkylation sites (N-methyl/N-ethyl adjacent to an activating group) is 1. The van der Waals surface area contributed by atoms with E-state index in [0.717, 1.165) is 11.3 Å². The van der Waals surface area contributed by atoms with Crippen LogP contribution in [0, 0.1) is 0 Å². The summed E-state index contributed by atoms with van der Waals surface area (Å²) in [4.78, 5) is 13.7. The van der Waals surface area contributed by atoms with Crippen LogP contribution in [-0.4, -0.2) is 58.9 Å². The van der Waals surface area contributed by atoms with Gasteiger partial charge in [-0.15, -0.1) is 0 Å². The number of carbonyl (C=O) groups is 1. The Hall–Kier alpha value is -1.79. The van der Waals surface area contributed by atoms with Gasteiger partial charge in [-0.25, -0.2) is 4.79 Å². The molecule has 0 aliphatic carbocycles. The molecule has 2 amide bonds. The Bertz CT molecular complexity index is 438. The molecule has 0 fully saturated rings. The Kier molecular flexibility index (Phi) is 7.56. The van der Waals surface area contributed by atoms with Gasteiger partial charge in [-0.2, -0.15) is 0 Å². The lowest BCUT2D eigenvalue weighted by Crippen LogP contribution is -2.41. The predicted molar refractivity (Wildman–Crippen MR) is 82.7 cm³/mol. The molecule has 0 aliphatic rings. The highest BCUT2D eigenvalue weighted by molar-refractivity contribution is 5.73. The Morgan fingerprint density at radius 3 is 2.67 bits per heavy atom. The van der Waals surface area contributed by atoms with Crippen molar-refractivity contribution in [3.63, 3.8) is 0 Å². The summed E-state index contributed by atoms with van der Waals surface area (Å²) in [5.74, 6) is 0.809. The second-order valence-electron chi connectivity index (χ2n) is 4.89. The highest BCUT2D eigenvalue weighted by Gasteiger charge is 2.15. The van der Waals surface area contributed by atoms with Gasteiger partial charge in [0.15, 0.2) is 0 Å². The van der Waals surface area contributed by atoms with Crippen LogP contribution in [0.2, 0.25) is 0 Å². The monoisotopic (exact) mass is 295 g/mol. The van der Waals surface area contributed by atoms with Crippen molar-refractivity contribution < 1.29 is 14.3 Å². The van der Waals surface area contributed by atoms with Crippen molar-refractivity contribution >= 4 is 6.03 Å². The summed E-state index contributed by atoms with van der Waals surface area (Å²) in [6.07, 6.45) is 0. The van der Waals surface area contributed by atoms with Gasteiger partial charge in [0.25, 0.3) is 0 Å². The first-order valence-corrected chi connectivity index (χ1v) is 6.89. The van der Waals surface area contributed by atoms with Gasteiger partial charge in [0.05, 0.1) is 19.8 Å². The zero-order chi connectivity index (χ0) is 15.7. The largest absolute Gasteiger partial charge is 0.497 e. The summed E-state index contributed by atoms with van der Waals surface area (Å²) in [6.45, 7) is 1.51. The quantitative estimate of drug-likeness (QED) is 0.708. The number of hydrogen-bond acceptors (Lipinski definition) is 4. The van der Waals surface area contributed by atoms with Gasteiger partial charge >= 0.3 is 6.03 Å². The Balaban J connectivity index is 2.59. The van der Waals surface area contributed by atoms with Crippen LogP contribution in [0.15, 0.2) is 24.3 Å². The van der Waals surface area contributed by atoms with Crippen molar-refractivity contribution in [1.82, 2.24) is 15.5 Å². The molecule has 1 unspecified atom stereocenters. The minimum Gasteiger partial charge on any atom is -0.497 e. The van der Waals surface area contributed by atoms with Crippen LogP contribution in [0.25, 0.3) is 0 Å². The zero-order valence-electron chi connectivity index (χ0n) is 13.2. The molecule has 0 saturated heterocycles. The second-order valence-corrected chi connectivity index (χ2v) is 4.89. The number of ether oxygens (including phenoxy) is 2. The summed E-state index contributed by atoms with van der Waals surface area (Å²) in [5.41, 5.74) is 1.09. The summed E-state index contributed by atoms with van der Waals surface area (Å²) >= 11 is 0. The number of rotatable bonds is 8. The molecule has 6 nitrogen and oxygen atoms in total. The zero-order valence-corrected chi connectivity index (χ0v) is 13.2. The molecule has 118 valence electrons. The number of benzene rings is 1. The fraction of sp³-hybridized carbons (Fsp3) is 0.533. The number of hydrogen-bond donors (Lipinski definition) is 2. The molecule has 2 N–H and O–H groups in total. The third-order valence-electron chi connectivity index (χ3n) is 3.15. The maximum absolute atomic E-state index is 11.7. The van der Waals surface area contributed by atoms with E-state index in [1.165, 1.54) is 0 Å². The maximum Gasteiger partial charge on any atom is 0.314 e. The smallest absolute Gasteiger partial charge is 0.314 e. The lowest BCUT2D eigenvalue weighted by atomic mass is 10.1. The van der Waals surface area contributed by atoms with Crippen LogP contribution in [0.4, 0.5) is 4.79 Å². The number of nitrogens with zero attached hydrogens (tertiary/aromatic N) is 1. The molecule has 0 aromatic heterocycles. The molecule has 0 heterocycles. The first-order valence-electron chi connectivity index (χ1n) is 6.89. The Labute approximate surface area is 126 Å². The Morgan fingerprint density at radius 1 is 1.29 bits per heavy atom. The van der Waals surface area contributed by atoms with Crippen LogP contribution >= 0.6 is 0 Å². The molecule has 0 bridgehead atoms. The van der Waals surface area contributed by atoms with Gasteiger partial charge in [-0.05, 0) is 31.8 Å². The van der Waals surface area contributed by atoms with Gasteiger partial charge < -0.3 is 25.0 Å². The number of urea groups is 1. The van der Waals surface area contributed by atoms with Crippen LogP contribution < -0.4 is 15.4 Å². The fourth-order valence-corrected chi connectivity index (χ4v) is 1.97. The summed E-state index contributed by atoms with van der Waals surface area (Å²) in [7, 11) is 7.21. The van der Waals surface area contributed by atoms with Crippen molar-refractivity contribution in [2.24, 2.45) is 0 Å². The van der Waals surface area contributed by atoms with Gasteiger partial charge in [-0.1, -0.05) is 12.1 Å². The Morgan fingerprint density at radius 2 is 2.05 bits per heavy atom. The molecule has 1 aromatic carbocycles. The molecule has 0 saturated carbocycles. The lowest BCUT2D eigenvalue weighted by Gasteiger charge is -2.25. The molecule has 0 radical (unpaired) electrons. The molecular weight excluding hydrogens is 270 g/mol. The number of carbonyl (C=O) groups excluding carboxylic acids is 1. The number of nitrogens with one attached hydrogen (secondary N) is 2. The minimum atomic E-state index is -0.193. The minimum absolute atomic E-state index is 0.0771. The SMILES string of the molecule is COCCNC(=O)NCC(c1cccc(OC)c1)N(C)C. The molecule has 0 spiro atoms. The van der Waals surface area contributed by atoms with Gasteiger partial charge in [-0.3, -0.25) is 0 Å². The molecule has 1 atom stereocenters. The van der Waals surface area contributed by atoms with Gasteiger partial charge in [0, 0.05) is 20.2 Å². The van der Waals surface area contributed by atoms with E-state index < -0.39 is 0 Å². The normalized spacial score (nSPS) is 12.0. The average Bonchev–Trinajstić information content (AvgIpc) is 2.47. The van der Waals surface area contributed by atoms with E-state index in [9.17, 15) is 4.79 Å². The number of methoxy groups -OCH3 is 2. The highest BCUT2D eigenvalue weighted by atomic mass is 16.5.